The molecule has 0 unspecified atom stereocenters. The molecule has 1 atom stereocenters. The highest BCUT2D eigenvalue weighted by Gasteiger charge is 2.34. The van der Waals surface area contributed by atoms with Crippen molar-refractivity contribution >= 4 is 22.6 Å². The second-order valence-corrected chi connectivity index (χ2v) is 8.32. The predicted molar refractivity (Wildman–Crippen MR) is 108 cm³/mol. The average molecular weight is 422 g/mol. The van der Waals surface area contributed by atoms with E-state index in [4.69, 9.17) is 16.6 Å². The quantitative estimate of drug-likeness (QED) is 0.488. The number of hydrogen-bond acceptors (Lipinski definition) is 2. The molecule has 1 saturated carbocycles. The van der Waals surface area contributed by atoms with Crippen LogP contribution in [0.4, 0.5) is 13.2 Å². The van der Waals surface area contributed by atoms with E-state index in [9.17, 15) is 13.2 Å². The fraction of sp³-hybridized carbons (Fsp3) is 0.455. The van der Waals surface area contributed by atoms with Gasteiger partial charge in [0.2, 0.25) is 0 Å². The molecule has 1 aliphatic carbocycles. The first-order valence-corrected chi connectivity index (χ1v) is 10.4. The summed E-state index contributed by atoms with van der Waals surface area (Å²) in [7, 11) is 0. The zero-order chi connectivity index (χ0) is 20.6. The number of fused-ring (bicyclic) bond motifs is 1. The van der Waals surface area contributed by atoms with Crippen molar-refractivity contribution in [2.24, 2.45) is 5.92 Å². The number of aromatic nitrogens is 3. The van der Waals surface area contributed by atoms with Gasteiger partial charge in [0.1, 0.15) is 11.5 Å². The Bertz CT molecular complexity index is 990. The summed E-state index contributed by atoms with van der Waals surface area (Å²) in [5, 5.41) is 0.678. The summed E-state index contributed by atoms with van der Waals surface area (Å²) in [6.45, 7) is 2.16. The SMILES string of the molecule is CC[C@H](c1nc2ccc(Cl)cc2[nH]1)[C@H]1CC[C@H](c2ccnc(C(F)(F)F)c2)CC1. The van der Waals surface area contributed by atoms with Crippen LogP contribution in [-0.4, -0.2) is 15.0 Å². The van der Waals surface area contributed by atoms with Gasteiger partial charge in [-0.05, 0) is 79.8 Å². The van der Waals surface area contributed by atoms with Crippen LogP contribution in [0, 0.1) is 5.92 Å². The molecular formula is C22H23ClF3N3. The largest absolute Gasteiger partial charge is 0.433 e. The van der Waals surface area contributed by atoms with Crippen molar-refractivity contribution in [1.82, 2.24) is 15.0 Å². The molecule has 2 aromatic heterocycles. The fourth-order valence-electron chi connectivity index (χ4n) is 4.64. The van der Waals surface area contributed by atoms with E-state index in [1.165, 1.54) is 12.3 Å². The molecule has 1 aliphatic rings. The van der Waals surface area contributed by atoms with Gasteiger partial charge in [0.25, 0.3) is 0 Å². The van der Waals surface area contributed by atoms with E-state index in [0.29, 0.717) is 16.9 Å². The minimum atomic E-state index is -4.40. The van der Waals surface area contributed by atoms with Crippen molar-refractivity contribution in [2.75, 3.05) is 0 Å². The topological polar surface area (TPSA) is 41.6 Å². The van der Waals surface area contributed by atoms with Crippen LogP contribution in [0.25, 0.3) is 11.0 Å². The molecule has 0 spiro atoms. The Hall–Kier alpha value is -2.08. The van der Waals surface area contributed by atoms with E-state index in [1.54, 1.807) is 6.07 Å². The molecular weight excluding hydrogens is 399 g/mol. The first-order chi connectivity index (χ1) is 13.8. The number of H-pyrrole nitrogens is 1. The highest BCUT2D eigenvalue weighted by Crippen LogP contribution is 2.43. The first-order valence-electron chi connectivity index (χ1n) is 10.0. The van der Waals surface area contributed by atoms with Gasteiger partial charge in [-0.1, -0.05) is 18.5 Å². The maximum atomic E-state index is 13.0. The van der Waals surface area contributed by atoms with Gasteiger partial charge in [0, 0.05) is 17.1 Å². The van der Waals surface area contributed by atoms with Gasteiger partial charge in [0.15, 0.2) is 0 Å². The summed E-state index contributed by atoms with van der Waals surface area (Å²) in [6, 6.07) is 8.58. The van der Waals surface area contributed by atoms with Crippen LogP contribution in [0.1, 0.15) is 67.9 Å². The third-order valence-corrected chi connectivity index (χ3v) is 6.38. The Morgan fingerprint density at radius 3 is 2.59 bits per heavy atom. The number of halogens is 4. The van der Waals surface area contributed by atoms with Crippen LogP contribution < -0.4 is 0 Å². The van der Waals surface area contributed by atoms with Crippen LogP contribution in [-0.2, 0) is 6.18 Å². The van der Waals surface area contributed by atoms with Crippen molar-refractivity contribution in [1.29, 1.82) is 0 Å². The molecule has 1 fully saturated rings. The molecule has 154 valence electrons. The lowest BCUT2D eigenvalue weighted by molar-refractivity contribution is -0.141. The van der Waals surface area contributed by atoms with Gasteiger partial charge in [-0.15, -0.1) is 0 Å². The molecule has 0 saturated heterocycles. The molecule has 29 heavy (non-hydrogen) atoms. The van der Waals surface area contributed by atoms with Crippen LogP contribution in [0.3, 0.4) is 0 Å². The minimum Gasteiger partial charge on any atom is -0.342 e. The monoisotopic (exact) mass is 421 g/mol. The number of nitrogens with zero attached hydrogens (tertiary/aromatic N) is 2. The lowest BCUT2D eigenvalue weighted by Crippen LogP contribution is -2.21. The molecule has 2 heterocycles. The molecule has 7 heteroatoms. The predicted octanol–water partition coefficient (Wildman–Crippen LogP) is 7.10. The minimum absolute atomic E-state index is 0.155. The Morgan fingerprint density at radius 1 is 1.14 bits per heavy atom. The Balaban J connectivity index is 1.48. The molecule has 0 bridgehead atoms. The van der Waals surface area contributed by atoms with Crippen molar-refractivity contribution in [3.8, 4) is 0 Å². The Kier molecular flexibility index (Phi) is 5.56. The summed E-state index contributed by atoms with van der Waals surface area (Å²) >= 11 is 6.08. The van der Waals surface area contributed by atoms with Gasteiger partial charge in [0.05, 0.1) is 11.0 Å². The maximum absolute atomic E-state index is 13.0. The molecule has 4 rings (SSSR count). The van der Waals surface area contributed by atoms with Crippen LogP contribution in [0.5, 0.6) is 0 Å². The molecule has 3 nitrogen and oxygen atoms in total. The van der Waals surface area contributed by atoms with Crippen LogP contribution >= 0.6 is 11.6 Å². The van der Waals surface area contributed by atoms with E-state index in [0.717, 1.165) is 54.5 Å². The number of aromatic amines is 1. The second kappa shape index (κ2) is 7.98. The van der Waals surface area contributed by atoms with Crippen molar-refractivity contribution in [2.45, 2.75) is 57.0 Å². The van der Waals surface area contributed by atoms with Gasteiger partial charge >= 0.3 is 6.18 Å². The lowest BCUT2D eigenvalue weighted by atomic mass is 9.73. The van der Waals surface area contributed by atoms with Gasteiger partial charge in [-0.2, -0.15) is 13.2 Å². The summed E-state index contributed by atoms with van der Waals surface area (Å²) < 4.78 is 38.9. The van der Waals surface area contributed by atoms with E-state index >= 15 is 0 Å². The average Bonchev–Trinajstić information content (AvgIpc) is 3.11. The van der Waals surface area contributed by atoms with Crippen LogP contribution in [0.15, 0.2) is 36.5 Å². The highest BCUT2D eigenvalue weighted by molar-refractivity contribution is 6.31. The number of pyridine rings is 1. The van der Waals surface area contributed by atoms with Crippen molar-refractivity contribution < 1.29 is 13.2 Å². The Labute approximate surface area is 172 Å². The van der Waals surface area contributed by atoms with E-state index in [-0.39, 0.29) is 5.92 Å². The third kappa shape index (κ3) is 4.27. The molecule has 0 aliphatic heterocycles. The van der Waals surface area contributed by atoms with Crippen molar-refractivity contribution in [3.05, 3.63) is 58.6 Å². The molecule has 1 N–H and O–H groups in total. The number of rotatable bonds is 4. The zero-order valence-corrected chi connectivity index (χ0v) is 16.9. The number of hydrogen-bond donors (Lipinski definition) is 1. The van der Waals surface area contributed by atoms with Gasteiger partial charge < -0.3 is 4.98 Å². The zero-order valence-electron chi connectivity index (χ0n) is 16.1. The fourth-order valence-corrected chi connectivity index (χ4v) is 4.81. The molecule has 0 radical (unpaired) electrons. The normalized spacial score (nSPS) is 21.4. The Morgan fingerprint density at radius 2 is 1.90 bits per heavy atom. The number of alkyl halides is 3. The van der Waals surface area contributed by atoms with Gasteiger partial charge in [-0.25, -0.2) is 4.98 Å². The molecule has 0 amide bonds. The van der Waals surface area contributed by atoms with E-state index < -0.39 is 11.9 Å². The highest BCUT2D eigenvalue weighted by atomic mass is 35.5. The number of benzene rings is 1. The number of nitrogens with one attached hydrogen (secondary N) is 1. The number of imidazole rings is 1. The smallest absolute Gasteiger partial charge is 0.342 e. The van der Waals surface area contributed by atoms with E-state index in [1.807, 2.05) is 18.2 Å². The summed E-state index contributed by atoms with van der Waals surface area (Å²) in [6.07, 6.45) is 1.57. The lowest BCUT2D eigenvalue weighted by Gasteiger charge is -2.33. The second-order valence-electron chi connectivity index (χ2n) is 7.88. The summed E-state index contributed by atoms with van der Waals surface area (Å²) in [5.74, 6) is 1.92. The van der Waals surface area contributed by atoms with Crippen molar-refractivity contribution in [3.63, 3.8) is 0 Å². The molecule has 1 aromatic carbocycles. The third-order valence-electron chi connectivity index (χ3n) is 6.14. The maximum Gasteiger partial charge on any atom is 0.433 e. The molecule has 3 aromatic rings. The summed E-state index contributed by atoms with van der Waals surface area (Å²) in [5.41, 5.74) is 1.80. The first kappa shape index (κ1) is 20.2. The van der Waals surface area contributed by atoms with Crippen LogP contribution in [0.2, 0.25) is 5.02 Å². The summed E-state index contributed by atoms with van der Waals surface area (Å²) in [4.78, 5) is 11.7. The van der Waals surface area contributed by atoms with Gasteiger partial charge in [-0.3, -0.25) is 4.98 Å². The standard InChI is InChI=1S/C22H23ClF3N3/c1-2-17(21-28-18-8-7-16(23)12-19(18)29-21)14-5-3-13(4-6-14)15-9-10-27-20(11-15)22(24,25)26/h7-14,17H,2-6H2,1H3,(H,28,29)/t13-,14-,17-/m0/s1. The van der Waals surface area contributed by atoms with E-state index in [2.05, 4.69) is 16.9 Å².